The first-order valence-corrected chi connectivity index (χ1v) is 6.84. The summed E-state index contributed by atoms with van der Waals surface area (Å²) in [4.78, 5) is 3.89. The summed E-state index contributed by atoms with van der Waals surface area (Å²) in [6.45, 7) is 0. The first-order chi connectivity index (χ1) is 6.37. The summed E-state index contributed by atoms with van der Waals surface area (Å²) < 4.78 is 21.3. The fourth-order valence-electron chi connectivity index (χ4n) is 0.871. The van der Waals surface area contributed by atoms with E-state index in [0.717, 1.165) is 0 Å². The van der Waals surface area contributed by atoms with E-state index in [-0.39, 0.29) is 17.3 Å². The molecule has 1 aromatic heterocycles. The van der Waals surface area contributed by atoms with Gasteiger partial charge in [-0.3, -0.25) is 0 Å². The predicted molar refractivity (Wildman–Crippen MR) is 57.6 cm³/mol. The first-order valence-electron chi connectivity index (χ1n) is 3.61. The number of hydrogen-bond acceptors (Lipinski definition) is 3. The molecule has 0 radical (unpaired) electrons. The summed E-state index contributed by atoms with van der Waals surface area (Å²) in [6, 6.07) is 3.03. The molecule has 3 nitrogen and oxygen atoms in total. The van der Waals surface area contributed by atoms with Gasteiger partial charge in [-0.25, -0.2) is 13.4 Å². The van der Waals surface area contributed by atoms with Crippen LogP contribution in [0.2, 0.25) is 10.2 Å². The highest BCUT2D eigenvalue weighted by molar-refractivity contribution is 8.13. The summed E-state index contributed by atoms with van der Waals surface area (Å²) in [5.41, 5.74) is 0.506. The third kappa shape index (κ3) is 4.46. The highest BCUT2D eigenvalue weighted by Crippen LogP contribution is 2.16. The van der Waals surface area contributed by atoms with Crippen molar-refractivity contribution < 1.29 is 8.42 Å². The Bertz CT molecular complexity index is 412. The summed E-state index contributed by atoms with van der Waals surface area (Å²) >= 11 is 11.3. The molecule has 0 saturated carbocycles. The Hall–Kier alpha value is -0.0300. The van der Waals surface area contributed by atoms with Crippen LogP contribution >= 0.6 is 33.9 Å². The van der Waals surface area contributed by atoms with Crippen molar-refractivity contribution in [3.63, 3.8) is 0 Å². The molecule has 0 saturated heterocycles. The number of hydrogen-bond donors (Lipinski definition) is 0. The van der Waals surface area contributed by atoms with Crippen LogP contribution in [0.15, 0.2) is 12.1 Å². The van der Waals surface area contributed by atoms with Gasteiger partial charge in [-0.05, 0) is 12.1 Å². The van der Waals surface area contributed by atoms with Crippen LogP contribution in [0.4, 0.5) is 0 Å². The van der Waals surface area contributed by atoms with Gasteiger partial charge in [-0.15, -0.1) is 0 Å². The summed E-state index contributed by atoms with van der Waals surface area (Å²) in [5, 5.41) is 0.659. The second-order valence-corrected chi connectivity index (χ2v) is 6.31. The molecule has 0 amide bonds. The van der Waals surface area contributed by atoms with Gasteiger partial charge >= 0.3 is 0 Å². The lowest BCUT2D eigenvalue weighted by Crippen LogP contribution is -2.02. The molecule has 0 aliphatic carbocycles. The van der Waals surface area contributed by atoms with Gasteiger partial charge < -0.3 is 0 Å². The quantitative estimate of drug-likeness (QED) is 0.628. The molecule has 14 heavy (non-hydrogen) atoms. The van der Waals surface area contributed by atoms with Gasteiger partial charge in [0.2, 0.25) is 9.05 Å². The monoisotopic (exact) mass is 273 g/mol. The number of nitrogens with zero attached hydrogens (tertiary/aromatic N) is 1. The Morgan fingerprint density at radius 3 is 2.43 bits per heavy atom. The van der Waals surface area contributed by atoms with Crippen LogP contribution in [0.25, 0.3) is 0 Å². The van der Waals surface area contributed by atoms with E-state index in [2.05, 4.69) is 4.98 Å². The average molecular weight is 275 g/mol. The average Bonchev–Trinajstić information content (AvgIpc) is 1.97. The van der Waals surface area contributed by atoms with Crippen molar-refractivity contribution in [2.45, 2.75) is 6.42 Å². The third-order valence-electron chi connectivity index (χ3n) is 1.41. The highest BCUT2D eigenvalue weighted by Gasteiger charge is 2.07. The van der Waals surface area contributed by atoms with Crippen molar-refractivity contribution in [1.82, 2.24) is 4.98 Å². The van der Waals surface area contributed by atoms with Crippen LogP contribution in [0, 0.1) is 0 Å². The molecular formula is C7H6Cl3NO2S. The molecule has 0 aliphatic heterocycles. The molecule has 0 aromatic carbocycles. The Kier molecular flexibility index (Phi) is 4.01. The minimum atomic E-state index is -3.50. The fraction of sp³-hybridized carbons (Fsp3) is 0.286. The maximum atomic E-state index is 10.6. The van der Waals surface area contributed by atoms with Crippen LogP contribution in [-0.4, -0.2) is 19.2 Å². The lowest BCUT2D eigenvalue weighted by atomic mass is 10.3. The van der Waals surface area contributed by atoms with Crippen LogP contribution in [0.1, 0.15) is 5.69 Å². The number of aromatic nitrogens is 1. The van der Waals surface area contributed by atoms with E-state index in [4.69, 9.17) is 33.9 Å². The number of halogens is 3. The molecule has 7 heteroatoms. The smallest absolute Gasteiger partial charge is 0.232 e. The zero-order valence-electron chi connectivity index (χ0n) is 6.87. The zero-order valence-corrected chi connectivity index (χ0v) is 9.96. The summed E-state index contributed by atoms with van der Waals surface area (Å²) in [7, 11) is 1.54. The largest absolute Gasteiger partial charge is 0.241 e. The van der Waals surface area contributed by atoms with Gasteiger partial charge in [0.1, 0.15) is 5.15 Å². The van der Waals surface area contributed by atoms with E-state index >= 15 is 0 Å². The van der Waals surface area contributed by atoms with Gasteiger partial charge in [-0.1, -0.05) is 23.2 Å². The Balaban J connectivity index is 2.78. The summed E-state index contributed by atoms with van der Waals surface area (Å²) in [6.07, 6.45) is 0.201. The molecule has 1 aromatic rings. The van der Waals surface area contributed by atoms with Gasteiger partial charge in [0.05, 0.1) is 5.75 Å². The van der Waals surface area contributed by atoms with E-state index in [1.165, 1.54) is 6.07 Å². The van der Waals surface area contributed by atoms with Crippen molar-refractivity contribution in [3.8, 4) is 0 Å². The lowest BCUT2D eigenvalue weighted by Gasteiger charge is -2.00. The van der Waals surface area contributed by atoms with Crippen LogP contribution < -0.4 is 0 Å². The molecule has 0 unspecified atom stereocenters. The van der Waals surface area contributed by atoms with Crippen LogP contribution in [-0.2, 0) is 15.5 Å². The van der Waals surface area contributed by atoms with E-state index < -0.39 is 9.05 Å². The number of aryl methyl sites for hydroxylation is 1. The number of pyridine rings is 1. The second-order valence-electron chi connectivity index (χ2n) is 2.59. The topological polar surface area (TPSA) is 47.0 Å². The van der Waals surface area contributed by atoms with Gasteiger partial charge in [0.25, 0.3) is 0 Å². The standard InChI is InChI=1S/C7H6Cl3NO2S/c8-5-3-6(11-7(9)4-5)1-2-14(10,12)13/h3-4H,1-2H2. The Morgan fingerprint density at radius 2 is 1.93 bits per heavy atom. The fourth-order valence-corrected chi connectivity index (χ4v) is 2.07. The zero-order chi connectivity index (χ0) is 10.8. The minimum Gasteiger partial charge on any atom is -0.241 e. The molecule has 1 heterocycles. The van der Waals surface area contributed by atoms with Crippen molar-refractivity contribution in [3.05, 3.63) is 28.0 Å². The highest BCUT2D eigenvalue weighted by atomic mass is 35.7. The van der Waals surface area contributed by atoms with Gasteiger partial charge in [0.15, 0.2) is 0 Å². The van der Waals surface area contributed by atoms with Crippen molar-refractivity contribution in [2.24, 2.45) is 0 Å². The van der Waals surface area contributed by atoms with Crippen molar-refractivity contribution in [1.29, 1.82) is 0 Å². The molecule has 0 bridgehead atoms. The van der Waals surface area contributed by atoms with Crippen LogP contribution in [0.5, 0.6) is 0 Å². The molecule has 0 aliphatic rings. The molecule has 0 spiro atoms. The first kappa shape index (κ1) is 12.0. The van der Waals surface area contributed by atoms with E-state index in [1.54, 1.807) is 6.07 Å². The minimum absolute atomic E-state index is 0.182. The normalized spacial score (nSPS) is 11.6. The van der Waals surface area contributed by atoms with Crippen molar-refractivity contribution in [2.75, 3.05) is 5.75 Å². The Labute approximate surface area is 96.4 Å². The summed E-state index contributed by atoms with van der Waals surface area (Å²) in [5.74, 6) is -0.182. The molecule has 0 fully saturated rings. The van der Waals surface area contributed by atoms with Crippen molar-refractivity contribution >= 4 is 42.9 Å². The molecule has 0 N–H and O–H groups in total. The maximum absolute atomic E-state index is 10.6. The Morgan fingerprint density at radius 1 is 1.29 bits per heavy atom. The van der Waals surface area contributed by atoms with E-state index in [1.807, 2.05) is 0 Å². The van der Waals surface area contributed by atoms with E-state index in [0.29, 0.717) is 10.7 Å². The number of rotatable bonds is 3. The van der Waals surface area contributed by atoms with Crippen LogP contribution in [0.3, 0.4) is 0 Å². The molecule has 78 valence electrons. The molecular weight excluding hydrogens is 269 g/mol. The maximum Gasteiger partial charge on any atom is 0.232 e. The predicted octanol–water partition coefficient (Wildman–Crippen LogP) is 2.50. The molecule has 0 atom stereocenters. The van der Waals surface area contributed by atoms with E-state index in [9.17, 15) is 8.42 Å². The SMILES string of the molecule is O=S(=O)(Cl)CCc1cc(Cl)cc(Cl)n1. The molecule has 1 rings (SSSR count). The van der Waals surface area contributed by atoms with Gasteiger partial charge in [-0.2, -0.15) is 0 Å². The third-order valence-corrected chi connectivity index (χ3v) is 2.98. The second kappa shape index (κ2) is 4.66. The lowest BCUT2D eigenvalue weighted by molar-refractivity contribution is 0.608. The van der Waals surface area contributed by atoms with Gasteiger partial charge in [0, 0.05) is 27.8 Å².